The van der Waals surface area contributed by atoms with Gasteiger partial charge in [-0.25, -0.2) is 25.6 Å². The van der Waals surface area contributed by atoms with Gasteiger partial charge in [-0.05, 0) is 18.2 Å². The molecule has 1 aliphatic heterocycles. The summed E-state index contributed by atoms with van der Waals surface area (Å²) in [7, 11) is -9.67. The molecule has 14 heteroatoms. The Morgan fingerprint density at radius 1 is 1.16 bits per heavy atom. The molecule has 1 aromatic carbocycles. The van der Waals surface area contributed by atoms with Gasteiger partial charge in [0.1, 0.15) is 10.6 Å². The average molecular weight is 484 g/mol. The third kappa shape index (κ3) is 3.96. The minimum absolute atomic E-state index is 0.127. The van der Waals surface area contributed by atoms with E-state index in [0.717, 1.165) is 18.3 Å². The number of hydrogen-bond donors (Lipinski definition) is 1. The van der Waals surface area contributed by atoms with E-state index in [9.17, 15) is 43.9 Å². The SMILES string of the molecule is CS(=O)(=O)c1cccc(C2=C(O)c3ncccc3N(CC(F)F)S2(=O)=O)c1C(F)(F)F. The van der Waals surface area contributed by atoms with E-state index in [-0.39, 0.29) is 4.31 Å². The minimum Gasteiger partial charge on any atom is -0.504 e. The maximum absolute atomic E-state index is 13.9. The van der Waals surface area contributed by atoms with E-state index >= 15 is 0 Å². The van der Waals surface area contributed by atoms with Crippen LogP contribution in [-0.2, 0) is 26.0 Å². The molecule has 0 unspecified atom stereocenters. The molecular formula is C17H13F5N2O5S2. The van der Waals surface area contributed by atoms with Crippen LogP contribution in [0.4, 0.5) is 27.6 Å². The lowest BCUT2D eigenvalue weighted by Gasteiger charge is -2.32. The molecule has 0 atom stereocenters. The Morgan fingerprint density at radius 3 is 2.35 bits per heavy atom. The van der Waals surface area contributed by atoms with Gasteiger partial charge in [-0.3, -0.25) is 9.29 Å². The molecule has 2 heterocycles. The molecular weight excluding hydrogens is 471 g/mol. The van der Waals surface area contributed by atoms with Crippen molar-refractivity contribution in [1.29, 1.82) is 0 Å². The third-order valence-corrected chi connectivity index (χ3v) is 7.29. The topological polar surface area (TPSA) is 105 Å². The van der Waals surface area contributed by atoms with Crippen molar-refractivity contribution < 1.29 is 43.9 Å². The molecule has 0 aliphatic carbocycles. The van der Waals surface area contributed by atoms with Crippen LogP contribution in [0, 0.1) is 0 Å². The first kappa shape index (κ1) is 22.9. The maximum atomic E-state index is 13.9. The quantitative estimate of drug-likeness (QED) is 0.668. The number of fused-ring (bicyclic) bond motifs is 1. The summed E-state index contributed by atoms with van der Waals surface area (Å²) in [6, 6.07) is 4.35. The number of sulfone groups is 1. The number of hydrogen-bond acceptors (Lipinski definition) is 6. The zero-order valence-electron chi connectivity index (χ0n) is 15.4. The normalized spacial score (nSPS) is 16.5. The van der Waals surface area contributed by atoms with Crippen LogP contribution in [0.5, 0.6) is 0 Å². The van der Waals surface area contributed by atoms with E-state index < -0.39 is 77.1 Å². The van der Waals surface area contributed by atoms with Crippen LogP contribution >= 0.6 is 0 Å². The summed E-state index contributed by atoms with van der Waals surface area (Å²) in [6.07, 6.45) is -7.02. The molecule has 7 nitrogen and oxygen atoms in total. The van der Waals surface area contributed by atoms with Gasteiger partial charge in [0.25, 0.3) is 16.4 Å². The number of pyridine rings is 1. The fraction of sp³-hybridized carbons (Fsp3) is 0.235. The van der Waals surface area contributed by atoms with Crippen molar-refractivity contribution in [2.75, 3.05) is 17.1 Å². The maximum Gasteiger partial charge on any atom is 0.418 e. The number of aromatic nitrogens is 1. The fourth-order valence-electron chi connectivity index (χ4n) is 3.16. The van der Waals surface area contributed by atoms with E-state index in [1.54, 1.807) is 0 Å². The monoisotopic (exact) mass is 484 g/mol. The molecule has 0 bridgehead atoms. The predicted octanol–water partition coefficient (Wildman–Crippen LogP) is 3.30. The molecule has 0 fully saturated rings. The molecule has 1 N–H and O–H groups in total. The highest BCUT2D eigenvalue weighted by atomic mass is 32.2. The highest BCUT2D eigenvalue weighted by Crippen LogP contribution is 2.46. The van der Waals surface area contributed by atoms with Crippen molar-refractivity contribution in [1.82, 2.24) is 4.98 Å². The standard InChI is InChI=1S/C17H13F5N2O5S2/c1-30(26,27)11-6-2-4-9(13(11)17(20,21)22)16-15(25)14-10(5-3-7-23-14)24(8-12(18)19)31(16,28)29/h2-7,12,25H,8H2,1H3. The number of sulfonamides is 1. The average Bonchev–Trinajstić information content (AvgIpc) is 2.63. The van der Waals surface area contributed by atoms with E-state index in [1.165, 1.54) is 6.07 Å². The summed E-state index contributed by atoms with van der Waals surface area (Å²) in [5.74, 6) is -1.22. The van der Waals surface area contributed by atoms with Crippen LogP contribution in [0.3, 0.4) is 0 Å². The fourth-order valence-corrected chi connectivity index (χ4v) is 5.81. The number of nitrogens with zero attached hydrogens (tertiary/aromatic N) is 2. The molecule has 3 rings (SSSR count). The van der Waals surface area contributed by atoms with Crippen LogP contribution in [0.1, 0.15) is 16.8 Å². The number of anilines is 1. The summed E-state index contributed by atoms with van der Waals surface area (Å²) in [5.41, 5.74) is -4.06. The summed E-state index contributed by atoms with van der Waals surface area (Å²) >= 11 is 0. The Bertz CT molecular complexity index is 1290. The lowest BCUT2D eigenvalue weighted by molar-refractivity contribution is -0.140. The van der Waals surface area contributed by atoms with Gasteiger partial charge in [-0.15, -0.1) is 0 Å². The second-order valence-corrected chi connectivity index (χ2v) is 10.2. The number of rotatable bonds is 4. The van der Waals surface area contributed by atoms with Gasteiger partial charge in [-0.1, -0.05) is 12.1 Å². The minimum atomic E-state index is -5.37. The Balaban J connectivity index is 2.48. The van der Waals surface area contributed by atoms with Gasteiger partial charge in [-0.2, -0.15) is 13.2 Å². The first-order valence-corrected chi connectivity index (χ1v) is 11.6. The van der Waals surface area contributed by atoms with Crippen LogP contribution in [-0.4, -0.2) is 46.2 Å². The smallest absolute Gasteiger partial charge is 0.418 e. The molecule has 0 saturated heterocycles. The van der Waals surface area contributed by atoms with Crippen LogP contribution in [0.2, 0.25) is 0 Å². The number of alkyl halides is 5. The van der Waals surface area contributed by atoms with Crippen LogP contribution in [0.25, 0.3) is 10.7 Å². The van der Waals surface area contributed by atoms with E-state index in [1.807, 2.05) is 0 Å². The Hall–Kier alpha value is -2.74. The molecule has 168 valence electrons. The van der Waals surface area contributed by atoms with Crippen molar-refractivity contribution in [3.8, 4) is 0 Å². The molecule has 0 radical (unpaired) electrons. The molecule has 31 heavy (non-hydrogen) atoms. The van der Waals surface area contributed by atoms with Crippen LogP contribution < -0.4 is 4.31 Å². The van der Waals surface area contributed by atoms with Crippen molar-refractivity contribution in [2.24, 2.45) is 0 Å². The lowest BCUT2D eigenvalue weighted by atomic mass is 10.0. The largest absolute Gasteiger partial charge is 0.504 e. The van der Waals surface area contributed by atoms with Gasteiger partial charge in [0.05, 0.1) is 22.7 Å². The first-order chi connectivity index (χ1) is 14.2. The van der Waals surface area contributed by atoms with Gasteiger partial charge in [0.2, 0.25) is 0 Å². The zero-order chi connectivity index (χ0) is 23.4. The number of benzene rings is 1. The number of aliphatic hydroxyl groups excluding tert-OH is 1. The van der Waals surface area contributed by atoms with Gasteiger partial charge in [0, 0.05) is 18.0 Å². The number of halogens is 5. The Labute approximate surface area is 173 Å². The highest BCUT2D eigenvalue weighted by molar-refractivity contribution is 8.02. The highest BCUT2D eigenvalue weighted by Gasteiger charge is 2.46. The summed E-state index contributed by atoms with van der Waals surface area (Å²) in [6.45, 7) is -1.43. The molecule has 1 aliphatic rings. The van der Waals surface area contributed by atoms with Gasteiger partial charge >= 0.3 is 6.18 Å². The Kier molecular flexibility index (Phi) is 5.51. The van der Waals surface area contributed by atoms with E-state index in [0.29, 0.717) is 18.4 Å². The zero-order valence-corrected chi connectivity index (χ0v) is 17.1. The van der Waals surface area contributed by atoms with E-state index in [2.05, 4.69) is 4.98 Å². The van der Waals surface area contributed by atoms with Crippen molar-refractivity contribution in [2.45, 2.75) is 17.5 Å². The van der Waals surface area contributed by atoms with Crippen molar-refractivity contribution in [3.05, 3.63) is 53.3 Å². The Morgan fingerprint density at radius 2 is 1.81 bits per heavy atom. The second kappa shape index (κ2) is 7.44. The third-order valence-electron chi connectivity index (χ3n) is 4.30. The molecule has 0 saturated carbocycles. The predicted molar refractivity (Wildman–Crippen MR) is 101 cm³/mol. The van der Waals surface area contributed by atoms with E-state index in [4.69, 9.17) is 0 Å². The number of aliphatic hydroxyl groups is 1. The van der Waals surface area contributed by atoms with Gasteiger partial charge in [0.15, 0.2) is 15.6 Å². The molecule has 0 spiro atoms. The lowest BCUT2D eigenvalue weighted by Crippen LogP contribution is -2.39. The second-order valence-electron chi connectivity index (χ2n) is 6.42. The van der Waals surface area contributed by atoms with Crippen molar-refractivity contribution >= 4 is 36.2 Å². The molecule has 1 aromatic heterocycles. The molecule has 0 amide bonds. The van der Waals surface area contributed by atoms with Gasteiger partial charge < -0.3 is 5.11 Å². The van der Waals surface area contributed by atoms with Crippen LogP contribution in [0.15, 0.2) is 41.4 Å². The summed E-state index contributed by atoms with van der Waals surface area (Å²) < 4.78 is 118. The van der Waals surface area contributed by atoms with Crippen molar-refractivity contribution in [3.63, 3.8) is 0 Å². The molecule has 2 aromatic rings. The summed E-state index contributed by atoms with van der Waals surface area (Å²) in [4.78, 5) is 1.09. The summed E-state index contributed by atoms with van der Waals surface area (Å²) in [5, 5.41) is 10.6. The first-order valence-electron chi connectivity index (χ1n) is 8.27.